The minimum atomic E-state index is -1.00. The van der Waals surface area contributed by atoms with Crippen LogP contribution in [0.1, 0.15) is 5.56 Å². The van der Waals surface area contributed by atoms with E-state index in [1.54, 1.807) is 0 Å². The predicted molar refractivity (Wildman–Crippen MR) is 69.9 cm³/mol. The van der Waals surface area contributed by atoms with E-state index < -0.39 is 5.97 Å². The molecule has 0 amide bonds. The third kappa shape index (κ3) is 4.11. The average Bonchev–Trinajstić information content (AvgIpc) is 2.24. The van der Waals surface area contributed by atoms with Crippen molar-refractivity contribution in [3.63, 3.8) is 0 Å². The lowest BCUT2D eigenvalue weighted by molar-refractivity contribution is -0.138. The zero-order valence-corrected chi connectivity index (χ0v) is 10.9. The number of aliphatic carboxylic acids is 1. The fourth-order valence-corrected chi connectivity index (χ4v) is 2.00. The van der Waals surface area contributed by atoms with Crippen LogP contribution in [0.5, 0.6) is 5.75 Å². The molecular weight excluding hydrogens is 277 g/mol. The van der Waals surface area contributed by atoms with Gasteiger partial charge in [-0.1, -0.05) is 29.1 Å². The first-order valence-corrected chi connectivity index (χ1v) is 5.74. The van der Waals surface area contributed by atoms with Crippen molar-refractivity contribution in [2.24, 2.45) is 0 Å². The summed E-state index contributed by atoms with van der Waals surface area (Å²) in [5, 5.41) is 19.0. The zero-order chi connectivity index (χ0) is 13.7. The molecule has 0 unspecified atom stereocenters. The number of benzene rings is 1. The van der Waals surface area contributed by atoms with Gasteiger partial charge in [0.2, 0.25) is 0 Å². The van der Waals surface area contributed by atoms with Crippen LogP contribution in [0.4, 0.5) is 0 Å². The molecule has 0 aliphatic carbocycles. The highest BCUT2D eigenvalue weighted by atomic mass is 35.5. The number of phenolic OH excluding ortho intramolecular Hbond substituents is 1. The van der Waals surface area contributed by atoms with Gasteiger partial charge in [-0.05, 0) is 12.1 Å². The number of phenols is 1. The van der Waals surface area contributed by atoms with Gasteiger partial charge in [0.15, 0.2) is 0 Å². The summed E-state index contributed by atoms with van der Waals surface area (Å²) >= 11 is 11.6. The second-order valence-corrected chi connectivity index (χ2v) is 4.48. The van der Waals surface area contributed by atoms with E-state index in [1.807, 2.05) is 0 Å². The van der Waals surface area contributed by atoms with Crippen molar-refractivity contribution in [2.45, 2.75) is 6.54 Å². The Balaban J connectivity index is 2.93. The fourth-order valence-electron chi connectivity index (χ4n) is 1.47. The van der Waals surface area contributed by atoms with E-state index in [2.05, 4.69) is 5.92 Å². The van der Waals surface area contributed by atoms with Crippen molar-refractivity contribution in [3.05, 3.63) is 27.7 Å². The lowest BCUT2D eigenvalue weighted by atomic mass is 10.2. The number of halogens is 2. The standard InChI is InChI=1S/C12H11Cl2NO3/c1-2-3-15(7-11(16)17)6-8-4-9(13)5-10(14)12(8)18/h1,4-5,18H,3,6-7H2,(H,16,17). The summed E-state index contributed by atoms with van der Waals surface area (Å²) in [7, 11) is 0. The molecule has 0 atom stereocenters. The Morgan fingerprint density at radius 1 is 1.44 bits per heavy atom. The van der Waals surface area contributed by atoms with Gasteiger partial charge in [-0.3, -0.25) is 9.69 Å². The summed E-state index contributed by atoms with van der Waals surface area (Å²) < 4.78 is 0. The Kier molecular flexibility index (Phi) is 5.29. The van der Waals surface area contributed by atoms with Crippen LogP contribution >= 0.6 is 23.2 Å². The molecule has 0 saturated heterocycles. The van der Waals surface area contributed by atoms with Crippen LogP contribution in [0.25, 0.3) is 0 Å². The first-order chi connectivity index (χ1) is 8.43. The summed E-state index contributed by atoms with van der Waals surface area (Å²) in [6.45, 7) is 0.0757. The highest BCUT2D eigenvalue weighted by molar-refractivity contribution is 6.35. The first-order valence-electron chi connectivity index (χ1n) is 4.98. The van der Waals surface area contributed by atoms with Gasteiger partial charge in [-0.15, -0.1) is 6.42 Å². The SMILES string of the molecule is C#CCN(CC(=O)O)Cc1cc(Cl)cc(Cl)c1O. The minimum absolute atomic E-state index is 0.117. The van der Waals surface area contributed by atoms with E-state index in [0.29, 0.717) is 10.6 Å². The Hall–Kier alpha value is -1.41. The molecule has 0 aliphatic heterocycles. The topological polar surface area (TPSA) is 60.8 Å². The third-order valence-electron chi connectivity index (χ3n) is 2.17. The maximum atomic E-state index is 10.7. The molecule has 0 spiro atoms. The summed E-state index contributed by atoms with van der Waals surface area (Å²) in [6.07, 6.45) is 5.16. The molecule has 0 aliphatic rings. The third-order valence-corrected chi connectivity index (χ3v) is 2.68. The first kappa shape index (κ1) is 14.7. The van der Waals surface area contributed by atoms with Gasteiger partial charge in [0.05, 0.1) is 18.1 Å². The molecule has 0 saturated carbocycles. The van der Waals surface area contributed by atoms with Gasteiger partial charge in [0.25, 0.3) is 0 Å². The van der Waals surface area contributed by atoms with Gasteiger partial charge < -0.3 is 10.2 Å². The van der Waals surface area contributed by atoms with E-state index in [9.17, 15) is 9.90 Å². The number of aromatic hydroxyl groups is 1. The smallest absolute Gasteiger partial charge is 0.317 e. The second kappa shape index (κ2) is 6.50. The van der Waals surface area contributed by atoms with Gasteiger partial charge in [-0.25, -0.2) is 0 Å². The number of hydrogen-bond donors (Lipinski definition) is 2. The van der Waals surface area contributed by atoms with Crippen molar-refractivity contribution in [2.75, 3.05) is 13.1 Å². The molecule has 0 fully saturated rings. The van der Waals surface area contributed by atoms with Gasteiger partial charge in [0.1, 0.15) is 5.75 Å². The summed E-state index contributed by atoms with van der Waals surface area (Å²) in [5.74, 6) is 1.24. The Labute approximate surface area is 115 Å². The lowest BCUT2D eigenvalue weighted by Gasteiger charge is -2.18. The number of terminal acetylenes is 1. The summed E-state index contributed by atoms with van der Waals surface area (Å²) in [5.41, 5.74) is 0.434. The van der Waals surface area contributed by atoms with Crippen LogP contribution in [0.2, 0.25) is 10.0 Å². The number of nitrogens with zero attached hydrogens (tertiary/aromatic N) is 1. The van der Waals surface area contributed by atoms with Crippen molar-refractivity contribution in [1.82, 2.24) is 4.90 Å². The highest BCUT2D eigenvalue weighted by Gasteiger charge is 2.14. The van der Waals surface area contributed by atoms with Crippen molar-refractivity contribution >= 4 is 29.2 Å². The van der Waals surface area contributed by atoms with Gasteiger partial charge >= 0.3 is 5.97 Å². The Morgan fingerprint density at radius 3 is 2.67 bits per heavy atom. The molecule has 0 radical (unpaired) electrons. The number of carbonyl (C=O) groups is 1. The number of carboxylic acid groups (broad SMARTS) is 1. The number of rotatable bonds is 5. The van der Waals surface area contributed by atoms with Crippen molar-refractivity contribution in [1.29, 1.82) is 0 Å². The van der Waals surface area contributed by atoms with Crippen molar-refractivity contribution in [3.8, 4) is 18.1 Å². The molecular formula is C12H11Cl2NO3. The average molecular weight is 288 g/mol. The zero-order valence-electron chi connectivity index (χ0n) is 9.36. The molecule has 1 rings (SSSR count). The molecule has 18 heavy (non-hydrogen) atoms. The highest BCUT2D eigenvalue weighted by Crippen LogP contribution is 2.31. The Bertz CT molecular complexity index is 497. The maximum absolute atomic E-state index is 10.7. The van der Waals surface area contributed by atoms with E-state index >= 15 is 0 Å². The lowest BCUT2D eigenvalue weighted by Crippen LogP contribution is -2.29. The molecule has 0 heterocycles. The quantitative estimate of drug-likeness (QED) is 0.816. The maximum Gasteiger partial charge on any atom is 0.317 e. The second-order valence-electron chi connectivity index (χ2n) is 3.64. The van der Waals surface area contributed by atoms with Crippen LogP contribution < -0.4 is 0 Å². The molecule has 0 bridgehead atoms. The van der Waals surface area contributed by atoms with Crippen LogP contribution in [0.3, 0.4) is 0 Å². The molecule has 6 heteroatoms. The van der Waals surface area contributed by atoms with E-state index in [1.165, 1.54) is 17.0 Å². The molecule has 0 aromatic heterocycles. The fraction of sp³-hybridized carbons (Fsp3) is 0.250. The molecule has 2 N–H and O–H groups in total. The predicted octanol–water partition coefficient (Wildman–Crippen LogP) is 2.22. The van der Waals surface area contributed by atoms with Crippen LogP contribution in [-0.2, 0) is 11.3 Å². The monoisotopic (exact) mass is 287 g/mol. The Morgan fingerprint density at radius 2 is 2.11 bits per heavy atom. The minimum Gasteiger partial charge on any atom is -0.506 e. The van der Waals surface area contributed by atoms with E-state index in [-0.39, 0.29) is 30.4 Å². The molecule has 4 nitrogen and oxygen atoms in total. The van der Waals surface area contributed by atoms with Gasteiger partial charge in [0, 0.05) is 17.1 Å². The molecule has 1 aromatic rings. The number of carboxylic acids is 1. The van der Waals surface area contributed by atoms with E-state index in [0.717, 1.165) is 0 Å². The number of hydrogen-bond acceptors (Lipinski definition) is 3. The van der Waals surface area contributed by atoms with Crippen molar-refractivity contribution < 1.29 is 15.0 Å². The van der Waals surface area contributed by atoms with Gasteiger partial charge in [-0.2, -0.15) is 0 Å². The largest absolute Gasteiger partial charge is 0.506 e. The van der Waals surface area contributed by atoms with Crippen LogP contribution in [0.15, 0.2) is 12.1 Å². The summed E-state index contributed by atoms with van der Waals surface area (Å²) in [4.78, 5) is 12.1. The summed E-state index contributed by atoms with van der Waals surface area (Å²) in [6, 6.07) is 2.93. The van der Waals surface area contributed by atoms with Crippen LogP contribution in [0, 0.1) is 12.3 Å². The van der Waals surface area contributed by atoms with Crippen LogP contribution in [-0.4, -0.2) is 34.2 Å². The normalized spacial score (nSPS) is 10.3. The molecule has 96 valence electrons. The van der Waals surface area contributed by atoms with E-state index in [4.69, 9.17) is 34.7 Å². The molecule has 1 aromatic carbocycles.